The highest BCUT2D eigenvalue weighted by Gasteiger charge is 2.28. The fraction of sp³-hybridized carbons (Fsp3) is 0.125. The number of fused-ring (bicyclic) bond motifs is 2. The van der Waals surface area contributed by atoms with Crippen molar-refractivity contribution in [1.82, 2.24) is 19.9 Å². The summed E-state index contributed by atoms with van der Waals surface area (Å²) in [6.07, 6.45) is 2.81. The zero-order valence-corrected chi connectivity index (χ0v) is 18.5. The first-order valence-corrected chi connectivity index (χ1v) is 10.8. The normalized spacial score (nSPS) is 13.9. The van der Waals surface area contributed by atoms with E-state index in [4.69, 9.17) is 32.8 Å². The van der Waals surface area contributed by atoms with Crippen molar-refractivity contribution in [2.75, 3.05) is 11.5 Å². The third kappa shape index (κ3) is 4.01. The summed E-state index contributed by atoms with van der Waals surface area (Å²) in [7, 11) is 0. The van der Waals surface area contributed by atoms with Crippen LogP contribution in [0.3, 0.4) is 0 Å². The lowest BCUT2D eigenvalue weighted by atomic mass is 10.0. The molecule has 34 heavy (non-hydrogen) atoms. The number of hydrogen-bond acceptors (Lipinski definition) is 8. The van der Waals surface area contributed by atoms with Crippen LogP contribution < -0.4 is 11.5 Å². The Bertz CT molecular complexity index is 1450. The molecule has 5 rings (SSSR count). The Morgan fingerprint density at radius 1 is 1.03 bits per heavy atom. The van der Waals surface area contributed by atoms with Crippen LogP contribution in [0.5, 0.6) is 0 Å². The lowest BCUT2D eigenvalue weighted by molar-refractivity contribution is 0.0463. The minimum atomic E-state index is -0.558. The van der Waals surface area contributed by atoms with Gasteiger partial charge in [0.25, 0.3) is 0 Å². The van der Waals surface area contributed by atoms with Gasteiger partial charge in [0.15, 0.2) is 12.4 Å². The summed E-state index contributed by atoms with van der Waals surface area (Å²) in [5, 5.41) is 0.961. The number of ether oxygens (including phenoxy) is 1. The standard InChI is InChI=1S/C24H18ClFN6O2/c25-16-5-3-6-17(26)15(16)10-12-8-9-14-20(13-4-1-2-7-18(13)29-21(12)14)22(33)34-11-19-30-23(27)32-24(28)31-19/h1-7,10H,8-9,11H2,(H4,27,28,30,31,32)/b12-10+. The van der Waals surface area contributed by atoms with E-state index in [1.165, 1.54) is 6.07 Å². The second kappa shape index (κ2) is 8.68. The van der Waals surface area contributed by atoms with Gasteiger partial charge in [-0.05, 0) is 48.3 Å². The molecule has 0 bridgehead atoms. The SMILES string of the molecule is Nc1nc(N)nc(COC(=O)c2c3c(nc4ccccc24)/C(=C/c2c(F)cccc2Cl)CC3)n1. The van der Waals surface area contributed by atoms with E-state index in [0.717, 1.165) is 11.1 Å². The second-order valence-electron chi connectivity index (χ2n) is 7.68. The molecule has 4 aromatic rings. The maximum Gasteiger partial charge on any atom is 0.339 e. The molecular formula is C24H18ClFN6O2. The molecule has 8 nitrogen and oxygen atoms in total. The number of benzene rings is 2. The van der Waals surface area contributed by atoms with Gasteiger partial charge >= 0.3 is 5.97 Å². The summed E-state index contributed by atoms with van der Waals surface area (Å²) < 4.78 is 19.9. The maximum atomic E-state index is 14.4. The fourth-order valence-electron chi connectivity index (χ4n) is 4.06. The lowest BCUT2D eigenvalue weighted by Crippen LogP contribution is -2.13. The number of para-hydroxylation sites is 1. The minimum Gasteiger partial charge on any atom is -0.454 e. The number of carbonyl (C=O) groups is 1. The molecule has 2 aromatic heterocycles. The van der Waals surface area contributed by atoms with Crippen LogP contribution in [0, 0.1) is 5.82 Å². The topological polar surface area (TPSA) is 130 Å². The number of nitrogens with zero attached hydrogens (tertiary/aromatic N) is 4. The molecule has 10 heteroatoms. The Hall–Kier alpha value is -4.11. The first-order chi connectivity index (χ1) is 16.4. The number of pyridine rings is 1. The van der Waals surface area contributed by atoms with Gasteiger partial charge in [0.1, 0.15) is 5.82 Å². The average molecular weight is 477 g/mol. The predicted molar refractivity (Wildman–Crippen MR) is 127 cm³/mol. The van der Waals surface area contributed by atoms with Gasteiger partial charge in [-0.25, -0.2) is 14.2 Å². The van der Waals surface area contributed by atoms with Crippen LogP contribution in [0.15, 0.2) is 42.5 Å². The van der Waals surface area contributed by atoms with Crippen LogP contribution in [-0.2, 0) is 17.8 Å². The number of carbonyl (C=O) groups excluding carboxylic acids is 1. The molecule has 0 radical (unpaired) electrons. The van der Waals surface area contributed by atoms with Gasteiger partial charge in [-0.2, -0.15) is 15.0 Å². The Morgan fingerprint density at radius 3 is 2.56 bits per heavy atom. The highest BCUT2D eigenvalue weighted by Crippen LogP contribution is 2.38. The smallest absolute Gasteiger partial charge is 0.339 e. The van der Waals surface area contributed by atoms with Gasteiger partial charge in [-0.15, -0.1) is 0 Å². The molecule has 0 spiro atoms. The van der Waals surface area contributed by atoms with E-state index < -0.39 is 11.8 Å². The molecule has 1 aliphatic carbocycles. The van der Waals surface area contributed by atoms with E-state index in [9.17, 15) is 9.18 Å². The Balaban J connectivity index is 1.57. The van der Waals surface area contributed by atoms with Crippen LogP contribution in [0.2, 0.25) is 5.02 Å². The first-order valence-electron chi connectivity index (χ1n) is 10.4. The van der Waals surface area contributed by atoms with E-state index in [1.807, 2.05) is 24.3 Å². The zero-order valence-electron chi connectivity index (χ0n) is 17.8. The molecule has 170 valence electrons. The van der Waals surface area contributed by atoms with Gasteiger partial charge < -0.3 is 16.2 Å². The summed E-state index contributed by atoms with van der Waals surface area (Å²) >= 11 is 6.22. The van der Waals surface area contributed by atoms with Crippen molar-refractivity contribution in [2.24, 2.45) is 0 Å². The average Bonchev–Trinajstić information content (AvgIpc) is 3.20. The van der Waals surface area contributed by atoms with Crippen LogP contribution >= 0.6 is 11.6 Å². The van der Waals surface area contributed by atoms with Crippen molar-refractivity contribution < 1.29 is 13.9 Å². The summed E-state index contributed by atoms with van der Waals surface area (Å²) in [5.41, 5.74) is 14.6. The van der Waals surface area contributed by atoms with E-state index in [1.54, 1.807) is 18.2 Å². The maximum absolute atomic E-state index is 14.4. The number of esters is 1. The molecular weight excluding hydrogens is 459 g/mol. The van der Waals surface area contributed by atoms with Crippen LogP contribution in [0.4, 0.5) is 16.3 Å². The Labute approximate surface area is 198 Å². The largest absolute Gasteiger partial charge is 0.454 e. The molecule has 0 saturated carbocycles. The first kappa shape index (κ1) is 21.7. The monoisotopic (exact) mass is 476 g/mol. The van der Waals surface area contributed by atoms with Gasteiger partial charge in [0, 0.05) is 10.9 Å². The number of aromatic nitrogens is 4. The Kier molecular flexibility index (Phi) is 5.54. The van der Waals surface area contributed by atoms with Crippen molar-refractivity contribution >= 4 is 52.0 Å². The number of halogens is 2. The number of nitrogens with two attached hydrogens (primary N) is 2. The van der Waals surface area contributed by atoms with Crippen LogP contribution in [0.25, 0.3) is 22.6 Å². The summed E-state index contributed by atoms with van der Waals surface area (Å²) in [5.74, 6) is -0.962. The lowest BCUT2D eigenvalue weighted by Gasteiger charge is -2.12. The molecule has 0 saturated heterocycles. The van der Waals surface area contributed by atoms with E-state index in [0.29, 0.717) is 40.0 Å². The number of hydrogen-bond donors (Lipinski definition) is 2. The summed E-state index contributed by atoms with van der Waals surface area (Å²) in [6, 6.07) is 11.8. The van der Waals surface area contributed by atoms with Crippen molar-refractivity contribution in [3.63, 3.8) is 0 Å². The Morgan fingerprint density at radius 2 is 1.79 bits per heavy atom. The molecule has 0 fully saturated rings. The molecule has 4 N–H and O–H groups in total. The van der Waals surface area contributed by atoms with Crippen molar-refractivity contribution in [3.8, 4) is 0 Å². The number of rotatable bonds is 4. The quantitative estimate of drug-likeness (QED) is 0.419. The zero-order chi connectivity index (χ0) is 23.8. The van der Waals surface area contributed by atoms with Crippen molar-refractivity contribution in [3.05, 3.63) is 81.5 Å². The van der Waals surface area contributed by atoms with Crippen LogP contribution in [0.1, 0.15) is 39.4 Å². The molecule has 0 atom stereocenters. The summed E-state index contributed by atoms with van der Waals surface area (Å²) in [6.45, 7) is -0.227. The van der Waals surface area contributed by atoms with Gasteiger partial charge in [-0.1, -0.05) is 35.9 Å². The van der Waals surface area contributed by atoms with E-state index >= 15 is 0 Å². The third-order valence-electron chi connectivity index (χ3n) is 5.51. The minimum absolute atomic E-state index is 0.0598. The number of anilines is 2. The number of nitrogen functional groups attached to an aromatic ring is 2. The molecule has 0 amide bonds. The van der Waals surface area contributed by atoms with Gasteiger partial charge in [0.05, 0.1) is 21.8 Å². The number of allylic oxidation sites excluding steroid dienone is 1. The van der Waals surface area contributed by atoms with Crippen molar-refractivity contribution in [2.45, 2.75) is 19.4 Å². The van der Waals surface area contributed by atoms with Crippen LogP contribution in [-0.4, -0.2) is 25.9 Å². The predicted octanol–water partition coefficient (Wildman–Crippen LogP) is 4.22. The van der Waals surface area contributed by atoms with Gasteiger partial charge in [0.2, 0.25) is 11.9 Å². The molecule has 2 heterocycles. The molecule has 0 unspecified atom stereocenters. The molecule has 0 aliphatic heterocycles. The highest BCUT2D eigenvalue weighted by atomic mass is 35.5. The van der Waals surface area contributed by atoms with Gasteiger partial charge in [-0.3, -0.25) is 0 Å². The summed E-state index contributed by atoms with van der Waals surface area (Å²) in [4.78, 5) is 29.6. The fourth-order valence-corrected chi connectivity index (χ4v) is 4.28. The molecule has 2 aromatic carbocycles. The highest BCUT2D eigenvalue weighted by molar-refractivity contribution is 6.32. The van der Waals surface area contributed by atoms with Crippen molar-refractivity contribution in [1.29, 1.82) is 0 Å². The van der Waals surface area contributed by atoms with E-state index in [-0.39, 0.29) is 29.9 Å². The third-order valence-corrected chi connectivity index (χ3v) is 5.84. The molecule has 1 aliphatic rings. The van der Waals surface area contributed by atoms with E-state index in [2.05, 4.69) is 15.0 Å². The second-order valence-corrected chi connectivity index (χ2v) is 8.09.